The predicted molar refractivity (Wildman–Crippen MR) is 64.6 cm³/mol. The number of hydrogen-bond donors (Lipinski definition) is 1. The first-order chi connectivity index (χ1) is 8.77. The molecule has 0 aromatic carbocycles. The molecule has 1 aromatic rings. The average Bonchev–Trinajstić information content (AvgIpc) is 2.74. The Morgan fingerprint density at radius 3 is 2.32 bits per heavy atom. The van der Waals surface area contributed by atoms with E-state index in [2.05, 4.69) is 15.5 Å². The first-order valence-corrected chi connectivity index (χ1v) is 6.41. The summed E-state index contributed by atoms with van der Waals surface area (Å²) < 4.78 is 42.2. The molecule has 0 aliphatic heterocycles. The molecule has 0 saturated carbocycles. The summed E-state index contributed by atoms with van der Waals surface area (Å²) in [6, 6.07) is -0.0264. The molecule has 0 bridgehead atoms. The largest absolute Gasteiger partial charge is 0.455 e. The maximum absolute atomic E-state index is 12.5. The van der Waals surface area contributed by atoms with E-state index in [0.29, 0.717) is 0 Å². The van der Waals surface area contributed by atoms with E-state index in [1.54, 1.807) is 0 Å². The van der Waals surface area contributed by atoms with Crippen LogP contribution >= 0.6 is 0 Å². The van der Waals surface area contributed by atoms with E-state index >= 15 is 0 Å². The van der Waals surface area contributed by atoms with Gasteiger partial charge in [-0.3, -0.25) is 0 Å². The molecule has 1 aromatic heterocycles. The van der Waals surface area contributed by atoms with Crippen LogP contribution in [0.4, 0.5) is 13.2 Å². The maximum atomic E-state index is 12.5. The molecule has 2 unspecified atom stereocenters. The number of alkyl halides is 3. The van der Waals surface area contributed by atoms with Gasteiger partial charge in [0.2, 0.25) is 5.89 Å². The van der Waals surface area contributed by atoms with Crippen molar-refractivity contribution in [3.8, 4) is 0 Å². The van der Waals surface area contributed by atoms with Crippen LogP contribution in [-0.4, -0.2) is 22.7 Å². The van der Waals surface area contributed by atoms with Crippen LogP contribution in [-0.2, 0) is 6.18 Å². The highest BCUT2D eigenvalue weighted by molar-refractivity contribution is 5.01. The van der Waals surface area contributed by atoms with Gasteiger partial charge in [-0.1, -0.05) is 25.9 Å². The third-order valence-electron chi connectivity index (χ3n) is 2.95. The molecule has 7 heteroatoms. The minimum absolute atomic E-state index is 0.0264. The summed E-state index contributed by atoms with van der Waals surface area (Å²) >= 11 is 0. The summed E-state index contributed by atoms with van der Waals surface area (Å²) in [5, 5.41) is 6.27. The number of rotatable bonds is 6. The summed E-state index contributed by atoms with van der Waals surface area (Å²) in [4.78, 5) is 3.49. The Labute approximate surface area is 110 Å². The van der Waals surface area contributed by atoms with E-state index in [1.165, 1.54) is 0 Å². The number of aromatic nitrogens is 2. The fourth-order valence-corrected chi connectivity index (χ4v) is 2.06. The van der Waals surface area contributed by atoms with E-state index in [9.17, 15) is 13.2 Å². The SMILES string of the molecule is CCCNC(C)C(c1nc(C(F)(F)F)no1)C(C)C. The molecular weight excluding hydrogens is 259 g/mol. The summed E-state index contributed by atoms with van der Waals surface area (Å²) in [7, 11) is 0. The van der Waals surface area contributed by atoms with E-state index in [0.717, 1.165) is 13.0 Å². The monoisotopic (exact) mass is 279 g/mol. The summed E-state index contributed by atoms with van der Waals surface area (Å²) in [6.07, 6.45) is -3.61. The molecule has 0 saturated heterocycles. The third-order valence-corrected chi connectivity index (χ3v) is 2.95. The summed E-state index contributed by atoms with van der Waals surface area (Å²) in [6.45, 7) is 8.58. The zero-order chi connectivity index (χ0) is 14.6. The van der Waals surface area contributed by atoms with Crippen LogP contribution in [0.15, 0.2) is 4.52 Å². The predicted octanol–water partition coefficient (Wildman–Crippen LogP) is 3.22. The molecule has 0 aliphatic carbocycles. The Morgan fingerprint density at radius 2 is 1.89 bits per heavy atom. The lowest BCUT2D eigenvalue weighted by Gasteiger charge is -2.24. The highest BCUT2D eigenvalue weighted by Crippen LogP contribution is 2.31. The lowest BCUT2D eigenvalue weighted by molar-refractivity contribution is -0.146. The molecular formula is C12H20F3N3O. The Bertz CT molecular complexity index is 390. The van der Waals surface area contributed by atoms with Crippen molar-refractivity contribution in [2.45, 2.75) is 52.3 Å². The van der Waals surface area contributed by atoms with Gasteiger partial charge in [-0.25, -0.2) is 0 Å². The maximum Gasteiger partial charge on any atom is 0.455 e. The molecule has 2 atom stereocenters. The zero-order valence-electron chi connectivity index (χ0n) is 11.6. The van der Waals surface area contributed by atoms with E-state index in [-0.39, 0.29) is 23.8 Å². The molecule has 0 amide bonds. The van der Waals surface area contributed by atoms with Crippen molar-refractivity contribution in [1.29, 1.82) is 0 Å². The van der Waals surface area contributed by atoms with E-state index in [4.69, 9.17) is 4.52 Å². The minimum Gasteiger partial charge on any atom is -0.339 e. The first-order valence-electron chi connectivity index (χ1n) is 6.41. The van der Waals surface area contributed by atoms with Gasteiger partial charge in [0, 0.05) is 6.04 Å². The summed E-state index contributed by atoms with van der Waals surface area (Å²) in [5.74, 6) is -1.31. The Morgan fingerprint density at radius 1 is 1.26 bits per heavy atom. The normalized spacial score (nSPS) is 15.8. The van der Waals surface area contributed by atoms with Crippen molar-refractivity contribution < 1.29 is 17.7 Å². The quantitative estimate of drug-likeness (QED) is 0.868. The second kappa shape index (κ2) is 6.36. The second-order valence-electron chi connectivity index (χ2n) is 4.97. The lowest BCUT2D eigenvalue weighted by atomic mass is 9.89. The van der Waals surface area contributed by atoms with E-state index < -0.39 is 12.0 Å². The van der Waals surface area contributed by atoms with Crippen molar-refractivity contribution in [2.75, 3.05) is 6.54 Å². The van der Waals surface area contributed by atoms with Crippen molar-refractivity contribution in [2.24, 2.45) is 5.92 Å². The molecule has 4 nitrogen and oxygen atoms in total. The van der Waals surface area contributed by atoms with Crippen LogP contribution in [0, 0.1) is 5.92 Å². The lowest BCUT2D eigenvalue weighted by Crippen LogP contribution is -2.35. The van der Waals surface area contributed by atoms with Gasteiger partial charge in [0.05, 0.1) is 5.92 Å². The average molecular weight is 279 g/mol. The van der Waals surface area contributed by atoms with Gasteiger partial charge >= 0.3 is 6.18 Å². The van der Waals surface area contributed by atoms with Gasteiger partial charge in [-0.05, 0) is 25.8 Å². The zero-order valence-corrected chi connectivity index (χ0v) is 11.6. The van der Waals surface area contributed by atoms with Crippen molar-refractivity contribution in [1.82, 2.24) is 15.5 Å². The van der Waals surface area contributed by atoms with Gasteiger partial charge in [-0.2, -0.15) is 18.2 Å². The third kappa shape index (κ3) is 4.19. The number of nitrogens with zero attached hydrogens (tertiary/aromatic N) is 2. The van der Waals surface area contributed by atoms with Gasteiger partial charge in [0.15, 0.2) is 0 Å². The Balaban J connectivity index is 2.90. The standard InChI is InChI=1S/C12H20F3N3O/c1-5-6-16-8(4)9(7(2)3)10-17-11(18-19-10)12(13,14)15/h7-9,16H,5-6H2,1-4H3. The van der Waals surface area contributed by atoms with Crippen LogP contribution in [0.5, 0.6) is 0 Å². The molecule has 1 heterocycles. The van der Waals surface area contributed by atoms with E-state index in [1.807, 2.05) is 27.7 Å². The van der Waals surface area contributed by atoms with Crippen molar-refractivity contribution in [3.63, 3.8) is 0 Å². The molecule has 0 aliphatic rings. The fourth-order valence-electron chi connectivity index (χ4n) is 2.06. The second-order valence-corrected chi connectivity index (χ2v) is 4.97. The molecule has 19 heavy (non-hydrogen) atoms. The van der Waals surface area contributed by atoms with Crippen LogP contribution in [0.1, 0.15) is 51.7 Å². The van der Waals surface area contributed by atoms with Crippen molar-refractivity contribution in [3.05, 3.63) is 11.7 Å². The van der Waals surface area contributed by atoms with Crippen LogP contribution in [0.2, 0.25) is 0 Å². The van der Waals surface area contributed by atoms with Crippen LogP contribution in [0.25, 0.3) is 0 Å². The van der Waals surface area contributed by atoms with Gasteiger partial charge in [0.25, 0.3) is 5.82 Å². The number of nitrogens with one attached hydrogen (secondary N) is 1. The topological polar surface area (TPSA) is 51.0 Å². The van der Waals surface area contributed by atoms with Crippen molar-refractivity contribution >= 4 is 0 Å². The minimum atomic E-state index is -4.57. The highest BCUT2D eigenvalue weighted by atomic mass is 19.4. The fraction of sp³-hybridized carbons (Fsp3) is 0.833. The smallest absolute Gasteiger partial charge is 0.339 e. The first kappa shape index (κ1) is 15.9. The molecule has 1 rings (SSSR count). The Kier molecular flexibility index (Phi) is 5.34. The van der Waals surface area contributed by atoms with Crippen LogP contribution in [0.3, 0.4) is 0 Å². The van der Waals surface area contributed by atoms with Gasteiger partial charge in [-0.15, -0.1) is 0 Å². The molecule has 0 spiro atoms. The molecule has 110 valence electrons. The molecule has 0 fully saturated rings. The van der Waals surface area contributed by atoms with Gasteiger partial charge in [0.1, 0.15) is 0 Å². The Hall–Kier alpha value is -1.11. The highest BCUT2D eigenvalue weighted by Gasteiger charge is 2.39. The van der Waals surface area contributed by atoms with Crippen LogP contribution < -0.4 is 5.32 Å². The molecule has 0 radical (unpaired) electrons. The van der Waals surface area contributed by atoms with Gasteiger partial charge < -0.3 is 9.84 Å². The summed E-state index contributed by atoms with van der Waals surface area (Å²) in [5.41, 5.74) is 0. The number of hydrogen-bond acceptors (Lipinski definition) is 4. The molecule has 1 N–H and O–H groups in total. The number of halogens is 3.